The van der Waals surface area contributed by atoms with Crippen LogP contribution in [0.5, 0.6) is 34.5 Å². The fraction of sp³-hybridized carbons (Fsp3) is 0.120. The van der Waals surface area contributed by atoms with E-state index in [1.807, 2.05) is 0 Å². The summed E-state index contributed by atoms with van der Waals surface area (Å²) in [7, 11) is -5.04. The molecule has 0 atom stereocenters. The summed E-state index contributed by atoms with van der Waals surface area (Å²) in [5.74, 6) is -7.20. The average Bonchev–Trinajstić information content (AvgIpc) is 2.94. The highest BCUT2D eigenvalue weighted by molar-refractivity contribution is 7.87. The first-order valence-corrected chi connectivity index (χ1v) is 12.9. The molecule has 214 valence electrons. The summed E-state index contributed by atoms with van der Waals surface area (Å²) >= 11 is 0. The van der Waals surface area contributed by atoms with Crippen LogP contribution in [0.25, 0.3) is 20.9 Å². The molecule has 3 aromatic rings. The largest absolute Gasteiger partial charge is 0.504 e. The van der Waals surface area contributed by atoms with E-state index in [2.05, 4.69) is 20.1 Å². The molecular formula is C25H18N6O10S. The van der Waals surface area contributed by atoms with E-state index in [0.29, 0.717) is 0 Å². The maximum atomic E-state index is 13.3. The van der Waals surface area contributed by atoms with Gasteiger partial charge in [0, 0.05) is 31.9 Å². The van der Waals surface area contributed by atoms with Crippen molar-refractivity contribution < 1.29 is 47.7 Å². The summed E-state index contributed by atoms with van der Waals surface area (Å²) in [5, 5.41) is 57.6. The van der Waals surface area contributed by atoms with Crippen molar-refractivity contribution in [1.82, 2.24) is 0 Å². The van der Waals surface area contributed by atoms with Crippen molar-refractivity contribution >= 4 is 21.7 Å². The Morgan fingerprint density at radius 2 is 1.31 bits per heavy atom. The molecule has 0 heterocycles. The van der Waals surface area contributed by atoms with E-state index >= 15 is 0 Å². The van der Waals surface area contributed by atoms with Gasteiger partial charge in [0.15, 0.2) is 34.6 Å². The fourth-order valence-electron chi connectivity index (χ4n) is 4.41. The molecule has 0 aromatic heterocycles. The number of hydrogen-bond donors (Lipinski definition) is 5. The van der Waals surface area contributed by atoms with Gasteiger partial charge in [-0.2, -0.15) is 8.42 Å². The number of hydrogen-bond acceptors (Lipinski definition) is 12. The van der Waals surface area contributed by atoms with E-state index in [4.69, 9.17) is 15.2 Å². The average molecular weight is 595 g/mol. The van der Waals surface area contributed by atoms with Crippen molar-refractivity contribution in [3.63, 3.8) is 0 Å². The number of aromatic hydroxyl groups is 5. The molecule has 0 spiro atoms. The first kappa shape index (κ1) is 29.1. The fourth-order valence-corrected chi connectivity index (χ4v) is 5.57. The van der Waals surface area contributed by atoms with Crippen LogP contribution in [0.15, 0.2) is 69.0 Å². The molecule has 4 rings (SSSR count). The molecule has 0 bridgehead atoms. The van der Waals surface area contributed by atoms with Crippen LogP contribution in [-0.2, 0) is 15.5 Å². The number of rotatable bonds is 7. The van der Waals surface area contributed by atoms with E-state index in [0.717, 1.165) is 36.4 Å². The van der Waals surface area contributed by atoms with Crippen molar-refractivity contribution in [2.45, 2.75) is 24.2 Å². The van der Waals surface area contributed by atoms with E-state index in [9.17, 15) is 43.5 Å². The predicted molar refractivity (Wildman–Crippen MR) is 142 cm³/mol. The number of benzene rings is 3. The molecule has 1 aliphatic rings. The molecule has 5 N–H and O–H groups in total. The molecule has 3 aromatic carbocycles. The molecule has 0 fully saturated rings. The summed E-state index contributed by atoms with van der Waals surface area (Å²) in [4.78, 5) is 30.0. The second kappa shape index (κ2) is 10.3. The van der Waals surface area contributed by atoms with Crippen molar-refractivity contribution in [3.05, 3.63) is 97.0 Å². The third-order valence-electron chi connectivity index (χ3n) is 6.50. The summed E-state index contributed by atoms with van der Waals surface area (Å²) in [6.07, 6.45) is 0. The number of carbonyl (C=O) groups excluding carboxylic acids is 2. The monoisotopic (exact) mass is 594 g/mol. The number of fused-ring (bicyclic) bond motifs is 1. The molecule has 17 heteroatoms. The SMILES string of the molecule is CC(C)(c1ccc(O)c(O)c1O)c1ccc(OS(=O)(=O)c2cccc3c2C(=O)C(N=[N+]=[N-])=C(N=[N+]=[N-])C3=O)c(O)c1O. The van der Waals surface area contributed by atoms with Gasteiger partial charge in [-0.15, -0.1) is 0 Å². The number of nitrogens with zero attached hydrogens (tertiary/aromatic N) is 6. The van der Waals surface area contributed by atoms with Crippen LogP contribution in [0.4, 0.5) is 0 Å². The number of allylic oxidation sites excluding steroid dienone is 2. The maximum Gasteiger partial charge on any atom is 0.340 e. The van der Waals surface area contributed by atoms with E-state index in [1.54, 1.807) is 0 Å². The summed E-state index contributed by atoms with van der Waals surface area (Å²) < 4.78 is 31.7. The first-order chi connectivity index (χ1) is 19.7. The first-order valence-electron chi connectivity index (χ1n) is 11.5. The van der Waals surface area contributed by atoms with Gasteiger partial charge in [-0.05, 0) is 29.3 Å². The van der Waals surface area contributed by atoms with Gasteiger partial charge in [-0.3, -0.25) is 9.59 Å². The zero-order chi connectivity index (χ0) is 31.1. The third kappa shape index (κ3) is 4.50. The van der Waals surface area contributed by atoms with Crippen LogP contribution < -0.4 is 4.18 Å². The molecule has 0 amide bonds. The van der Waals surface area contributed by atoms with Crippen molar-refractivity contribution in [1.29, 1.82) is 0 Å². The summed E-state index contributed by atoms with van der Waals surface area (Å²) in [6.45, 7) is 2.98. The van der Waals surface area contributed by atoms with E-state index in [-0.39, 0.29) is 11.1 Å². The van der Waals surface area contributed by atoms with Gasteiger partial charge in [-0.1, -0.05) is 48.3 Å². The second-order valence-corrected chi connectivity index (χ2v) is 10.7. The minimum Gasteiger partial charge on any atom is -0.504 e. The van der Waals surface area contributed by atoms with Crippen LogP contribution in [0.1, 0.15) is 45.7 Å². The van der Waals surface area contributed by atoms with E-state index in [1.165, 1.54) is 19.9 Å². The molecule has 0 unspecified atom stereocenters. The van der Waals surface area contributed by atoms with Gasteiger partial charge in [0.2, 0.25) is 11.5 Å². The standard InChI is InChI=1S/C25H18N6O10S/c1-25(2,11-6-8-13(32)22(36)20(11)34)12-7-9-14(23(37)21(12)35)41-42(39,40)15-5-3-4-10-16(15)24(38)18(29-31-27)17(19(10)33)28-30-26/h3-9,32,34-37H,1-2H3. The Hall–Kier alpha value is -5.89. The Morgan fingerprint density at radius 1 is 0.762 bits per heavy atom. The van der Waals surface area contributed by atoms with Gasteiger partial charge in [-0.25, -0.2) is 0 Å². The topological polar surface area (TPSA) is 276 Å². The number of carbonyl (C=O) groups is 2. The highest BCUT2D eigenvalue weighted by atomic mass is 32.2. The number of Topliss-reactive ketones (excluding diaryl/α,β-unsaturated/α-hetero) is 2. The minimum absolute atomic E-state index is 0.0249. The Labute approximate surface area is 235 Å². The predicted octanol–water partition coefficient (Wildman–Crippen LogP) is 4.52. The number of azide groups is 2. The van der Waals surface area contributed by atoms with Gasteiger partial charge in [0.25, 0.3) is 0 Å². The molecule has 42 heavy (non-hydrogen) atoms. The van der Waals surface area contributed by atoms with E-state index < -0.39 is 89.0 Å². The minimum atomic E-state index is -5.04. The van der Waals surface area contributed by atoms with Gasteiger partial charge in [0.1, 0.15) is 4.90 Å². The van der Waals surface area contributed by atoms with Gasteiger partial charge < -0.3 is 29.7 Å². The Kier molecular flexibility index (Phi) is 7.11. The van der Waals surface area contributed by atoms with Crippen LogP contribution in [0.2, 0.25) is 0 Å². The van der Waals surface area contributed by atoms with Crippen molar-refractivity contribution in [2.75, 3.05) is 0 Å². The lowest BCUT2D eigenvalue weighted by atomic mass is 9.77. The quantitative estimate of drug-likeness (QED) is 0.0838. The third-order valence-corrected chi connectivity index (χ3v) is 7.78. The van der Waals surface area contributed by atoms with Crippen LogP contribution in [0.3, 0.4) is 0 Å². The Bertz CT molecular complexity index is 1960. The van der Waals surface area contributed by atoms with Crippen molar-refractivity contribution in [2.24, 2.45) is 10.2 Å². The Balaban J connectivity index is 1.80. The van der Waals surface area contributed by atoms with Crippen molar-refractivity contribution in [3.8, 4) is 34.5 Å². The molecular weight excluding hydrogens is 576 g/mol. The zero-order valence-electron chi connectivity index (χ0n) is 21.4. The van der Waals surface area contributed by atoms with Crippen LogP contribution in [0, 0.1) is 0 Å². The number of phenolic OH excluding ortho intramolecular Hbond substituents is 5. The lowest BCUT2D eigenvalue weighted by Gasteiger charge is -2.28. The lowest BCUT2D eigenvalue weighted by Crippen LogP contribution is -2.24. The zero-order valence-corrected chi connectivity index (χ0v) is 22.2. The smallest absolute Gasteiger partial charge is 0.340 e. The molecule has 16 nitrogen and oxygen atoms in total. The maximum absolute atomic E-state index is 13.3. The van der Waals surface area contributed by atoms with Gasteiger partial charge >= 0.3 is 10.1 Å². The highest BCUT2D eigenvalue weighted by Crippen LogP contribution is 2.50. The number of phenols is 5. The number of ketones is 2. The molecule has 1 aliphatic carbocycles. The van der Waals surface area contributed by atoms with Gasteiger partial charge in [0.05, 0.1) is 17.0 Å². The normalized spacial score (nSPS) is 13.2. The summed E-state index contributed by atoms with van der Waals surface area (Å²) in [5.41, 5.74) is 13.2. The molecule has 0 aliphatic heterocycles. The second-order valence-electron chi connectivity index (χ2n) is 9.21. The highest BCUT2D eigenvalue weighted by Gasteiger charge is 2.38. The lowest BCUT2D eigenvalue weighted by molar-refractivity contribution is 0.0970. The summed E-state index contributed by atoms with van der Waals surface area (Å²) in [6, 6.07) is 7.55. The van der Waals surface area contributed by atoms with Crippen LogP contribution in [-0.4, -0.2) is 45.5 Å². The van der Waals surface area contributed by atoms with Crippen LogP contribution >= 0.6 is 0 Å². The molecule has 0 radical (unpaired) electrons. The molecule has 0 saturated heterocycles. The Morgan fingerprint density at radius 3 is 1.90 bits per heavy atom. The molecule has 0 saturated carbocycles.